The molecule has 1 aliphatic heterocycles. The van der Waals surface area contributed by atoms with Crippen molar-refractivity contribution in [3.05, 3.63) is 83.4 Å². The molecule has 0 spiro atoms. The number of hydrogen-bond donors (Lipinski definition) is 4. The van der Waals surface area contributed by atoms with Gasteiger partial charge in [-0.1, -0.05) is 42.0 Å². The van der Waals surface area contributed by atoms with Gasteiger partial charge in [0.2, 0.25) is 0 Å². The maximum atomic E-state index is 5.80. The van der Waals surface area contributed by atoms with Crippen LogP contribution in [0.5, 0.6) is 0 Å². The lowest BCUT2D eigenvalue weighted by atomic mass is 9.91. The van der Waals surface area contributed by atoms with Gasteiger partial charge in [0.25, 0.3) is 0 Å². The fraction of sp³-hybridized carbons (Fsp3) is 0.227. The molecule has 2 aromatic carbocycles. The van der Waals surface area contributed by atoms with Gasteiger partial charge in [0.05, 0.1) is 11.6 Å². The molecule has 1 aliphatic rings. The van der Waals surface area contributed by atoms with Crippen molar-refractivity contribution in [2.45, 2.75) is 19.1 Å². The molecule has 1 atom stereocenters. The number of benzene rings is 2. The average Bonchev–Trinajstić information content (AvgIpc) is 3.38. The van der Waals surface area contributed by atoms with Gasteiger partial charge in [-0.2, -0.15) is 5.10 Å². The van der Waals surface area contributed by atoms with E-state index in [1.165, 1.54) is 5.56 Å². The summed E-state index contributed by atoms with van der Waals surface area (Å²) in [5, 5.41) is 9.07. The van der Waals surface area contributed by atoms with Crippen LogP contribution >= 0.6 is 0 Å². The highest BCUT2D eigenvalue weighted by Crippen LogP contribution is 2.26. The summed E-state index contributed by atoms with van der Waals surface area (Å²) in [5.74, 6) is 0.296. The van der Waals surface area contributed by atoms with E-state index in [4.69, 9.17) is 17.2 Å². The smallest absolute Gasteiger partial charge is 0.142 e. The lowest BCUT2D eigenvalue weighted by molar-refractivity contribution is 0.488. The number of aryl methyl sites for hydroxylation is 1. The van der Waals surface area contributed by atoms with Crippen molar-refractivity contribution in [1.29, 1.82) is 0 Å². The van der Waals surface area contributed by atoms with Crippen LogP contribution in [-0.4, -0.2) is 28.6 Å². The maximum Gasteiger partial charge on any atom is 0.142 e. The fourth-order valence-electron chi connectivity index (χ4n) is 3.55. The quantitative estimate of drug-likeness (QED) is 0.483. The van der Waals surface area contributed by atoms with Gasteiger partial charge < -0.3 is 9.88 Å². The molecule has 154 valence electrons. The van der Waals surface area contributed by atoms with Gasteiger partial charge in [-0.15, -0.1) is 5.10 Å². The van der Waals surface area contributed by atoms with Crippen LogP contribution in [0.1, 0.15) is 22.5 Å². The molecule has 0 bridgehead atoms. The summed E-state index contributed by atoms with van der Waals surface area (Å²) in [4.78, 5) is 9.65. The van der Waals surface area contributed by atoms with Crippen LogP contribution in [0.15, 0.2) is 71.1 Å². The number of anilines is 1. The summed E-state index contributed by atoms with van der Waals surface area (Å²) < 4.78 is 0. The summed E-state index contributed by atoms with van der Waals surface area (Å²) in [6.45, 7) is 2.07. The number of H-pyrrole nitrogens is 1. The number of nitrogens with two attached hydrogens (primary N) is 3. The zero-order valence-corrected chi connectivity index (χ0v) is 17.1. The molecule has 0 radical (unpaired) electrons. The average molecular weight is 403 g/mol. The zero-order valence-electron chi connectivity index (χ0n) is 17.1. The molecule has 8 heteroatoms. The molecule has 8 nitrogen and oxygen atoms in total. The second-order valence-corrected chi connectivity index (χ2v) is 7.64. The molecule has 7 N–H and O–H groups in total. The predicted octanol–water partition coefficient (Wildman–Crippen LogP) is 1.82. The summed E-state index contributed by atoms with van der Waals surface area (Å²) in [6.07, 6.45) is 4.22. The van der Waals surface area contributed by atoms with Crippen molar-refractivity contribution in [2.24, 2.45) is 33.3 Å². The van der Waals surface area contributed by atoms with Gasteiger partial charge >= 0.3 is 0 Å². The van der Waals surface area contributed by atoms with E-state index in [1.807, 2.05) is 37.5 Å². The number of amidine groups is 1. The third-order valence-corrected chi connectivity index (χ3v) is 5.30. The minimum Gasteiger partial charge on any atom is -0.349 e. The van der Waals surface area contributed by atoms with Crippen LogP contribution < -0.4 is 22.1 Å². The highest BCUT2D eigenvalue weighted by atomic mass is 15.3. The Kier molecular flexibility index (Phi) is 5.21. The van der Waals surface area contributed by atoms with Gasteiger partial charge in [-0.05, 0) is 24.6 Å². The summed E-state index contributed by atoms with van der Waals surface area (Å²) >= 11 is 0. The van der Waals surface area contributed by atoms with Crippen LogP contribution in [0.2, 0.25) is 0 Å². The Morgan fingerprint density at radius 2 is 1.70 bits per heavy atom. The van der Waals surface area contributed by atoms with E-state index in [0.29, 0.717) is 12.0 Å². The maximum absolute atomic E-state index is 5.80. The molecule has 1 unspecified atom stereocenters. The molecule has 0 fully saturated rings. The molecule has 30 heavy (non-hydrogen) atoms. The Hall–Kier alpha value is -3.33. The molecule has 0 saturated carbocycles. The number of aromatic nitrogens is 2. The molecule has 2 heterocycles. The Labute approximate surface area is 175 Å². The molecule has 4 rings (SSSR count). The molecule has 0 saturated heterocycles. The SMILES string of the molecule is Cc1ccc(N(C)C2=NN=C(c3ccc(C(N)(N)N)cc3)C2Cc2ncc[nH]2)cc1. The standard InChI is InChI=1S/C22H26N8/c1-14-3-9-17(10-4-14)30(2)21-18(13-19-26-11-12-27-19)20(28-29-21)15-5-7-16(8-6-15)22(23,24)25/h3-12,18H,13,23-25H2,1-2H3,(H,26,27). The van der Waals surface area contributed by atoms with Crippen molar-refractivity contribution < 1.29 is 0 Å². The highest BCUT2D eigenvalue weighted by molar-refractivity contribution is 6.21. The van der Waals surface area contributed by atoms with Crippen molar-refractivity contribution >= 4 is 17.2 Å². The Morgan fingerprint density at radius 1 is 1.00 bits per heavy atom. The summed E-state index contributed by atoms with van der Waals surface area (Å²) in [6, 6.07) is 15.8. The number of aromatic amines is 1. The summed E-state index contributed by atoms with van der Waals surface area (Å²) in [7, 11) is 2.01. The molecule has 0 amide bonds. The normalized spacial score (nSPS) is 16.4. The van der Waals surface area contributed by atoms with Gasteiger partial charge in [0.15, 0.2) is 0 Å². The van der Waals surface area contributed by atoms with E-state index < -0.39 is 5.79 Å². The third-order valence-electron chi connectivity index (χ3n) is 5.30. The van der Waals surface area contributed by atoms with Gasteiger partial charge in [-0.25, -0.2) is 4.98 Å². The highest BCUT2D eigenvalue weighted by Gasteiger charge is 2.32. The van der Waals surface area contributed by atoms with Crippen LogP contribution in [0.4, 0.5) is 5.69 Å². The van der Waals surface area contributed by atoms with Crippen molar-refractivity contribution in [3.8, 4) is 0 Å². The van der Waals surface area contributed by atoms with Crippen molar-refractivity contribution in [1.82, 2.24) is 9.97 Å². The first-order valence-corrected chi connectivity index (χ1v) is 9.74. The molecular weight excluding hydrogens is 376 g/mol. The Bertz CT molecular complexity index is 1060. The topological polar surface area (TPSA) is 135 Å². The number of nitrogens with one attached hydrogen (secondary N) is 1. The first-order chi connectivity index (χ1) is 14.3. The van der Waals surface area contributed by atoms with Crippen molar-refractivity contribution in [3.63, 3.8) is 0 Å². The van der Waals surface area contributed by atoms with Crippen LogP contribution in [0.3, 0.4) is 0 Å². The lowest BCUT2D eigenvalue weighted by Crippen LogP contribution is -2.54. The number of rotatable bonds is 5. The third kappa shape index (κ3) is 4.02. The van der Waals surface area contributed by atoms with Crippen LogP contribution in [-0.2, 0) is 12.2 Å². The van der Waals surface area contributed by atoms with Gasteiger partial charge in [0, 0.05) is 37.1 Å². The Balaban J connectivity index is 1.65. The zero-order chi connectivity index (χ0) is 21.3. The van der Waals surface area contributed by atoms with Crippen molar-refractivity contribution in [2.75, 3.05) is 11.9 Å². The van der Waals surface area contributed by atoms with Crippen LogP contribution in [0, 0.1) is 12.8 Å². The minimum atomic E-state index is -1.38. The van der Waals surface area contributed by atoms with Crippen LogP contribution in [0.25, 0.3) is 0 Å². The molecule has 0 aliphatic carbocycles. The van der Waals surface area contributed by atoms with Gasteiger partial charge in [0.1, 0.15) is 17.4 Å². The second-order valence-electron chi connectivity index (χ2n) is 7.64. The molecule has 1 aromatic heterocycles. The summed E-state index contributed by atoms with van der Waals surface area (Å²) in [5.41, 5.74) is 22.1. The van der Waals surface area contributed by atoms with E-state index in [1.54, 1.807) is 6.20 Å². The van der Waals surface area contributed by atoms with E-state index in [2.05, 4.69) is 56.3 Å². The first kappa shape index (κ1) is 20.0. The van der Waals surface area contributed by atoms with Gasteiger partial charge in [-0.3, -0.25) is 17.2 Å². The largest absolute Gasteiger partial charge is 0.349 e. The fourth-order valence-corrected chi connectivity index (χ4v) is 3.55. The van der Waals surface area contributed by atoms with E-state index in [9.17, 15) is 0 Å². The Morgan fingerprint density at radius 3 is 2.30 bits per heavy atom. The monoisotopic (exact) mass is 402 g/mol. The molecular formula is C22H26N8. The van der Waals surface area contributed by atoms with E-state index in [-0.39, 0.29) is 5.92 Å². The number of nitrogens with zero attached hydrogens (tertiary/aromatic N) is 4. The minimum absolute atomic E-state index is 0.0633. The molecule has 3 aromatic rings. The lowest BCUT2D eigenvalue weighted by Gasteiger charge is -2.25. The predicted molar refractivity (Wildman–Crippen MR) is 120 cm³/mol. The first-order valence-electron chi connectivity index (χ1n) is 9.74. The number of hydrogen-bond acceptors (Lipinski definition) is 7. The van der Waals surface area contributed by atoms with E-state index >= 15 is 0 Å². The number of imidazole rings is 1. The second kappa shape index (κ2) is 7.83. The van der Waals surface area contributed by atoms with E-state index in [0.717, 1.165) is 28.6 Å².